The van der Waals surface area contributed by atoms with Crippen molar-refractivity contribution in [1.82, 2.24) is 5.32 Å². The Labute approximate surface area is 310 Å². The number of phenolic OH excluding ortho intramolecular Hbond substituents is 1. The molecule has 51 heavy (non-hydrogen) atoms. The van der Waals surface area contributed by atoms with Crippen molar-refractivity contribution < 1.29 is 15.0 Å². The second-order valence-electron chi connectivity index (χ2n) is 15.5. The number of hydrogen-bond acceptors (Lipinski definition) is 7. The van der Waals surface area contributed by atoms with E-state index < -0.39 is 6.10 Å². The number of Topliss-reactive ketones (excluding diaryl/α,β-unsaturated/α-hetero) is 1. The number of aliphatic hydroxyl groups is 1. The first-order valence-corrected chi connectivity index (χ1v) is 20.2. The van der Waals surface area contributed by atoms with Gasteiger partial charge in [-0.1, -0.05) is 30.6 Å². The van der Waals surface area contributed by atoms with Crippen LogP contribution in [0.15, 0.2) is 41.4 Å². The number of aliphatic imine (C=N–C) groups is 1. The minimum atomic E-state index is -0.547. The molecule has 0 unspecified atom stereocenters. The van der Waals surface area contributed by atoms with Gasteiger partial charge < -0.3 is 26.6 Å². The molecule has 3 bridgehead atoms. The Hall–Kier alpha value is -3.76. The number of hydrogen-bond donors (Lipinski definition) is 5. The van der Waals surface area contributed by atoms with E-state index in [9.17, 15) is 15.0 Å². The van der Waals surface area contributed by atoms with E-state index in [4.69, 9.17) is 5.73 Å². The highest BCUT2D eigenvalue weighted by atomic mass is 32.1. The van der Waals surface area contributed by atoms with Gasteiger partial charge in [-0.2, -0.15) is 0 Å². The molecule has 4 aliphatic carbocycles. The third kappa shape index (κ3) is 7.18. The highest BCUT2D eigenvalue weighted by molar-refractivity contribution is 7.23. The van der Waals surface area contributed by atoms with Gasteiger partial charge in [0.2, 0.25) is 0 Å². The molecule has 0 radical (unpaired) electrons. The Balaban J connectivity index is 1.28. The van der Waals surface area contributed by atoms with Crippen LogP contribution in [0.5, 0.6) is 5.75 Å². The number of phenols is 1. The minimum Gasteiger partial charge on any atom is -0.508 e. The molecule has 7 rings (SSSR count). The molecule has 2 heterocycles. The summed E-state index contributed by atoms with van der Waals surface area (Å²) in [4.78, 5) is 23.3. The molecule has 3 fully saturated rings. The quantitative estimate of drug-likeness (QED) is 0.0735. The monoisotopic (exact) mass is 722 g/mol. The number of aromatic hydroxyl groups is 1. The largest absolute Gasteiger partial charge is 0.508 e. The lowest BCUT2D eigenvalue weighted by molar-refractivity contribution is 0.0338. The summed E-state index contributed by atoms with van der Waals surface area (Å²) in [6, 6.07) is 11.9. The summed E-state index contributed by atoms with van der Waals surface area (Å²) in [5, 5.41) is 27.9. The Kier molecular flexibility index (Phi) is 10.3. The van der Waals surface area contributed by atoms with Gasteiger partial charge in [0.05, 0.1) is 27.1 Å². The fraction of sp³-hybridized carbons (Fsp3) is 0.524. The van der Waals surface area contributed by atoms with Gasteiger partial charge >= 0.3 is 0 Å². The number of aliphatic hydroxyl groups excluding tert-OH is 1. The summed E-state index contributed by atoms with van der Waals surface area (Å²) in [6.45, 7) is 3.96. The van der Waals surface area contributed by atoms with Crippen molar-refractivity contribution >= 4 is 40.1 Å². The molecule has 3 aromatic rings. The van der Waals surface area contributed by atoms with Gasteiger partial charge in [-0.05, 0) is 124 Å². The highest BCUT2D eigenvalue weighted by Gasteiger charge is 2.60. The molecule has 6 N–H and O–H groups in total. The second-order valence-corrected chi connectivity index (χ2v) is 17.7. The van der Waals surface area contributed by atoms with Gasteiger partial charge in [0.25, 0.3) is 0 Å². The van der Waals surface area contributed by atoms with Gasteiger partial charge in [-0.3, -0.25) is 9.79 Å². The molecule has 1 aromatic carbocycles. The van der Waals surface area contributed by atoms with Crippen LogP contribution in [0.1, 0.15) is 104 Å². The third-order valence-corrected chi connectivity index (χ3v) is 14.6. The Morgan fingerprint density at radius 3 is 2.67 bits per heavy atom. The topological polar surface area (TPSA) is 120 Å². The molecule has 2 spiro atoms. The van der Waals surface area contributed by atoms with Crippen LogP contribution in [0.25, 0.3) is 9.75 Å². The van der Waals surface area contributed by atoms with E-state index in [-0.39, 0.29) is 34.5 Å². The number of anilines is 1. The number of thiophene rings is 2. The van der Waals surface area contributed by atoms with Crippen LogP contribution in [-0.4, -0.2) is 47.7 Å². The van der Waals surface area contributed by atoms with Gasteiger partial charge in [0, 0.05) is 47.8 Å². The summed E-state index contributed by atoms with van der Waals surface area (Å²) < 4.78 is 0. The Morgan fingerprint density at radius 2 is 1.90 bits per heavy atom. The molecular formula is C42H50N4O3S2. The molecule has 3 saturated carbocycles. The molecule has 0 aliphatic heterocycles. The Morgan fingerprint density at radius 1 is 1.12 bits per heavy atom. The smallest absolute Gasteiger partial charge is 0.188 e. The van der Waals surface area contributed by atoms with E-state index in [0.29, 0.717) is 30.6 Å². The lowest BCUT2D eigenvalue weighted by Crippen LogP contribution is -2.50. The van der Waals surface area contributed by atoms with Crippen molar-refractivity contribution in [1.29, 1.82) is 0 Å². The molecule has 268 valence electrons. The third-order valence-electron chi connectivity index (χ3n) is 12.3. The van der Waals surface area contributed by atoms with Crippen molar-refractivity contribution in [3.63, 3.8) is 0 Å². The van der Waals surface area contributed by atoms with Crippen molar-refractivity contribution in [3.05, 3.63) is 57.3 Å². The summed E-state index contributed by atoms with van der Waals surface area (Å²) in [5.41, 5.74) is 9.04. The predicted molar refractivity (Wildman–Crippen MR) is 209 cm³/mol. The van der Waals surface area contributed by atoms with Gasteiger partial charge in [-0.25, -0.2) is 0 Å². The number of ketones is 1. The number of fused-ring (bicyclic) bond motifs is 4. The number of carbonyl (C=O) groups excluding carboxylic acids is 1. The number of guanidine groups is 1. The van der Waals surface area contributed by atoms with Gasteiger partial charge in [0.1, 0.15) is 5.75 Å². The number of nitrogens with two attached hydrogens (primary N) is 1. The normalized spacial score (nSPS) is 27.2. The van der Waals surface area contributed by atoms with Crippen LogP contribution in [0.2, 0.25) is 0 Å². The van der Waals surface area contributed by atoms with Crippen LogP contribution >= 0.6 is 22.7 Å². The second kappa shape index (κ2) is 14.7. The molecule has 2 aromatic heterocycles. The van der Waals surface area contributed by atoms with Gasteiger partial charge in [0.15, 0.2) is 11.7 Å². The van der Waals surface area contributed by atoms with Crippen LogP contribution < -0.4 is 16.4 Å². The number of carbonyl (C=O) groups is 1. The SMILES string of the molecule is CC#Cc1ccc(-c2ccc(C(=O)[C@@H]3CC[C@@H]4C[C@]35C[C@H](CC#Cc3c(cc(O)cc3NC[C@H](C)O)C[C@H]4NC(N)=NC)C3(CCCC3)C5)s2)s1. The maximum absolute atomic E-state index is 14.8. The zero-order chi connectivity index (χ0) is 35.8. The number of nitrogens with one attached hydrogen (secondary N) is 2. The Bertz CT molecular complexity index is 1930. The lowest BCUT2D eigenvalue weighted by atomic mass is 9.58. The maximum Gasteiger partial charge on any atom is 0.188 e. The van der Waals surface area contributed by atoms with Crippen LogP contribution in [0, 0.1) is 52.3 Å². The summed E-state index contributed by atoms with van der Waals surface area (Å²) in [7, 11) is 1.70. The van der Waals surface area contributed by atoms with E-state index in [1.807, 2.05) is 13.0 Å². The standard InChI is InChI=1S/C42H50N4O3S2/c1-4-8-31-12-14-36(50-31)37-15-16-38(51-37)39(49)33-13-11-27-22-42(33)23-29(41(25-42)17-5-6-18-41)9-7-10-32-28(20-34(27)46-40(43)44-3)19-30(48)21-35(32)45-24-26(2)47/h12,14-16,19,21,26-27,29,33-34,45,47-48H,5-6,9,11,13,17-18,20,22-25H2,1-3H3,(H3,43,44,46)/t26-,27+,29-,33-,34+,42+/m0/s1. The predicted octanol–water partition coefficient (Wildman–Crippen LogP) is 7.80. The first-order chi connectivity index (χ1) is 24.6. The molecule has 0 amide bonds. The highest BCUT2D eigenvalue weighted by Crippen LogP contribution is 2.68. The van der Waals surface area contributed by atoms with Crippen molar-refractivity contribution in [2.75, 3.05) is 18.9 Å². The van der Waals surface area contributed by atoms with Crippen LogP contribution in [-0.2, 0) is 6.42 Å². The average Bonchev–Trinajstić information content (AvgIpc) is 3.92. The minimum absolute atomic E-state index is 0.0334. The number of benzene rings is 1. The van der Waals surface area contributed by atoms with E-state index >= 15 is 0 Å². The van der Waals surface area contributed by atoms with E-state index in [1.165, 1.54) is 25.7 Å². The molecular weight excluding hydrogens is 673 g/mol. The zero-order valence-electron chi connectivity index (χ0n) is 30.0. The summed E-state index contributed by atoms with van der Waals surface area (Å²) in [5.74, 6) is 14.9. The lowest BCUT2D eigenvalue weighted by Gasteiger charge is -2.47. The van der Waals surface area contributed by atoms with Crippen LogP contribution in [0.3, 0.4) is 0 Å². The molecule has 6 atom stereocenters. The van der Waals surface area contributed by atoms with E-state index in [0.717, 1.165) is 74.8 Å². The fourth-order valence-corrected chi connectivity index (χ4v) is 12.1. The molecule has 0 saturated heterocycles. The van der Waals surface area contributed by atoms with E-state index in [1.54, 1.807) is 42.7 Å². The van der Waals surface area contributed by atoms with E-state index in [2.05, 4.69) is 63.6 Å². The average molecular weight is 723 g/mol. The molecule has 4 aliphatic rings. The first-order valence-electron chi connectivity index (χ1n) is 18.5. The fourth-order valence-electron chi connectivity index (χ4n) is 10.1. The number of nitrogens with zero attached hydrogens (tertiary/aromatic N) is 1. The first kappa shape index (κ1) is 35.6. The van der Waals surface area contributed by atoms with Crippen molar-refractivity contribution in [3.8, 4) is 39.2 Å². The summed E-state index contributed by atoms with van der Waals surface area (Å²) >= 11 is 3.32. The molecule has 9 heteroatoms. The maximum atomic E-state index is 14.8. The summed E-state index contributed by atoms with van der Waals surface area (Å²) in [6.07, 6.45) is 10.6. The van der Waals surface area contributed by atoms with Crippen molar-refractivity contribution in [2.45, 2.75) is 96.6 Å². The van der Waals surface area contributed by atoms with Crippen LogP contribution in [0.4, 0.5) is 5.69 Å². The van der Waals surface area contributed by atoms with Gasteiger partial charge in [-0.15, -0.1) is 28.6 Å². The van der Waals surface area contributed by atoms with Crippen molar-refractivity contribution in [2.24, 2.45) is 39.3 Å². The number of rotatable bonds is 7. The molecule has 7 nitrogen and oxygen atoms in total. The zero-order valence-corrected chi connectivity index (χ0v) is 31.6.